The summed E-state index contributed by atoms with van der Waals surface area (Å²) in [5.74, 6) is -0.607. The average Bonchev–Trinajstić information content (AvgIpc) is 2.81. The quantitative estimate of drug-likeness (QED) is 0.565. The van der Waals surface area contributed by atoms with Gasteiger partial charge in [0.2, 0.25) is 0 Å². The van der Waals surface area contributed by atoms with E-state index in [4.69, 9.17) is 14.2 Å². The van der Waals surface area contributed by atoms with Crippen molar-refractivity contribution in [1.29, 1.82) is 0 Å². The maximum Gasteiger partial charge on any atom is 0.329 e. The van der Waals surface area contributed by atoms with Gasteiger partial charge in [-0.1, -0.05) is 44.2 Å². The van der Waals surface area contributed by atoms with Gasteiger partial charge in [0, 0.05) is 12.0 Å². The molecule has 0 bridgehead atoms. The smallest absolute Gasteiger partial charge is 0.329 e. The molecule has 2 atom stereocenters. The highest BCUT2D eigenvalue weighted by Crippen LogP contribution is 2.31. The number of hydrogen-bond donors (Lipinski definition) is 2. The fourth-order valence-corrected chi connectivity index (χ4v) is 3.61. The molecule has 1 aliphatic rings. The molecule has 2 aromatic rings. The van der Waals surface area contributed by atoms with Crippen LogP contribution in [-0.2, 0) is 14.3 Å². The Hall–Kier alpha value is -3.55. The van der Waals surface area contributed by atoms with Crippen molar-refractivity contribution in [3.05, 3.63) is 59.7 Å². The molecule has 0 fully saturated rings. The monoisotopic (exact) mass is 454 g/mol. The molecule has 1 aliphatic heterocycles. The van der Waals surface area contributed by atoms with Gasteiger partial charge in [-0.25, -0.2) is 4.79 Å². The molecule has 0 aliphatic carbocycles. The maximum absolute atomic E-state index is 12.8. The van der Waals surface area contributed by atoms with Crippen molar-refractivity contribution in [3.8, 4) is 11.5 Å². The first-order valence-electron chi connectivity index (χ1n) is 11.1. The van der Waals surface area contributed by atoms with Gasteiger partial charge in [0.1, 0.15) is 17.5 Å². The van der Waals surface area contributed by atoms with Crippen LogP contribution in [0.1, 0.15) is 49.2 Å². The van der Waals surface area contributed by atoms with E-state index in [-0.39, 0.29) is 12.0 Å². The summed E-state index contributed by atoms with van der Waals surface area (Å²) in [6.45, 7) is 5.87. The Morgan fingerprint density at radius 3 is 2.58 bits per heavy atom. The molecule has 2 aromatic carbocycles. The molecule has 2 N–H and O–H groups in total. The molecule has 0 spiro atoms. The number of fused-ring (bicyclic) bond motifs is 1. The maximum atomic E-state index is 12.8. The van der Waals surface area contributed by atoms with Gasteiger partial charge in [-0.15, -0.1) is 0 Å². The summed E-state index contributed by atoms with van der Waals surface area (Å²) in [7, 11) is 0. The van der Waals surface area contributed by atoms with E-state index in [2.05, 4.69) is 10.6 Å². The lowest BCUT2D eigenvalue weighted by atomic mass is 10.0. The van der Waals surface area contributed by atoms with Gasteiger partial charge < -0.3 is 24.8 Å². The fourth-order valence-electron chi connectivity index (χ4n) is 3.61. The molecule has 8 heteroatoms. The normalized spacial score (nSPS) is 15.6. The Bertz CT molecular complexity index is 990. The summed E-state index contributed by atoms with van der Waals surface area (Å²) >= 11 is 0. The topological polar surface area (TPSA) is 103 Å². The van der Waals surface area contributed by atoms with Crippen molar-refractivity contribution in [3.63, 3.8) is 0 Å². The predicted molar refractivity (Wildman–Crippen MR) is 122 cm³/mol. The Labute approximate surface area is 193 Å². The standard InChI is InChI=1S/C25H30N2O6/c1-4-31-21-12-8-6-10-18(21)24(29)27-23(16(2)3)25(30)33-15-22(28)26-19-13-14-32-20-11-7-5-9-17(19)20/h5-12,16,19,23H,4,13-15H2,1-3H3,(H,26,28)(H,27,29)/t19-,23-/m0/s1. The minimum Gasteiger partial charge on any atom is -0.493 e. The van der Waals surface area contributed by atoms with E-state index >= 15 is 0 Å². The molecule has 3 rings (SSSR count). The molecule has 0 unspecified atom stereocenters. The van der Waals surface area contributed by atoms with Gasteiger partial charge in [0.05, 0.1) is 24.8 Å². The Morgan fingerprint density at radius 1 is 1.09 bits per heavy atom. The van der Waals surface area contributed by atoms with Crippen molar-refractivity contribution in [2.45, 2.75) is 39.3 Å². The average molecular weight is 455 g/mol. The van der Waals surface area contributed by atoms with Crippen LogP contribution in [0.5, 0.6) is 11.5 Å². The minimum absolute atomic E-state index is 0.211. The fraction of sp³-hybridized carbons (Fsp3) is 0.400. The SMILES string of the molecule is CCOc1ccccc1C(=O)N[C@H](C(=O)OCC(=O)N[C@H]1CCOc2ccccc21)C(C)C. The van der Waals surface area contributed by atoms with Crippen LogP contribution in [0, 0.1) is 5.92 Å². The molecule has 1 heterocycles. The number of benzene rings is 2. The third kappa shape index (κ3) is 6.25. The molecule has 0 aromatic heterocycles. The Kier molecular flexibility index (Phi) is 8.29. The van der Waals surface area contributed by atoms with Crippen LogP contribution in [0.25, 0.3) is 0 Å². The van der Waals surface area contributed by atoms with Crippen molar-refractivity contribution in [1.82, 2.24) is 10.6 Å². The zero-order valence-corrected chi connectivity index (χ0v) is 19.1. The highest BCUT2D eigenvalue weighted by molar-refractivity contribution is 5.99. The van der Waals surface area contributed by atoms with Gasteiger partial charge in [-0.05, 0) is 31.0 Å². The summed E-state index contributed by atoms with van der Waals surface area (Å²) in [6.07, 6.45) is 0.626. The van der Waals surface area contributed by atoms with E-state index in [1.807, 2.05) is 31.2 Å². The van der Waals surface area contributed by atoms with E-state index in [0.29, 0.717) is 30.9 Å². The molecule has 2 amide bonds. The predicted octanol–water partition coefficient (Wildman–Crippen LogP) is 3.02. The molecule has 176 valence electrons. The lowest BCUT2D eigenvalue weighted by Crippen LogP contribution is -2.46. The van der Waals surface area contributed by atoms with Crippen LogP contribution in [0.3, 0.4) is 0 Å². The number of carbonyl (C=O) groups is 3. The zero-order chi connectivity index (χ0) is 23.8. The highest BCUT2D eigenvalue weighted by atomic mass is 16.5. The summed E-state index contributed by atoms with van der Waals surface area (Å²) in [6, 6.07) is 13.2. The molecule has 8 nitrogen and oxygen atoms in total. The Balaban J connectivity index is 1.57. The van der Waals surface area contributed by atoms with Gasteiger partial charge in [0.25, 0.3) is 11.8 Å². The van der Waals surface area contributed by atoms with Crippen LogP contribution < -0.4 is 20.1 Å². The van der Waals surface area contributed by atoms with Gasteiger partial charge in [-0.3, -0.25) is 9.59 Å². The number of para-hydroxylation sites is 2. The van der Waals surface area contributed by atoms with E-state index in [1.54, 1.807) is 38.1 Å². The number of esters is 1. The lowest BCUT2D eigenvalue weighted by Gasteiger charge is -2.26. The molecule has 0 saturated heterocycles. The summed E-state index contributed by atoms with van der Waals surface area (Å²) in [5, 5.41) is 5.59. The van der Waals surface area contributed by atoms with Crippen LogP contribution in [0.2, 0.25) is 0 Å². The third-order valence-electron chi connectivity index (χ3n) is 5.28. The van der Waals surface area contributed by atoms with Gasteiger partial charge in [-0.2, -0.15) is 0 Å². The van der Waals surface area contributed by atoms with Gasteiger partial charge >= 0.3 is 5.97 Å². The van der Waals surface area contributed by atoms with Crippen molar-refractivity contribution in [2.75, 3.05) is 19.8 Å². The van der Waals surface area contributed by atoms with Crippen LogP contribution in [0.15, 0.2) is 48.5 Å². The highest BCUT2D eigenvalue weighted by Gasteiger charge is 2.28. The number of rotatable bonds is 9. The van der Waals surface area contributed by atoms with E-state index < -0.39 is 30.4 Å². The first-order chi connectivity index (χ1) is 15.9. The number of amides is 2. The van der Waals surface area contributed by atoms with E-state index in [1.165, 1.54) is 0 Å². The largest absolute Gasteiger partial charge is 0.493 e. The zero-order valence-electron chi connectivity index (χ0n) is 19.1. The minimum atomic E-state index is -0.913. The summed E-state index contributed by atoms with van der Waals surface area (Å²) in [5.41, 5.74) is 1.22. The first-order valence-corrected chi connectivity index (χ1v) is 11.1. The number of hydrogen-bond acceptors (Lipinski definition) is 6. The molecular formula is C25H30N2O6. The van der Waals surface area contributed by atoms with Crippen molar-refractivity contribution in [2.24, 2.45) is 5.92 Å². The number of nitrogens with one attached hydrogen (secondary N) is 2. The number of ether oxygens (including phenoxy) is 3. The van der Waals surface area contributed by atoms with Crippen LogP contribution in [-0.4, -0.2) is 43.6 Å². The van der Waals surface area contributed by atoms with Crippen molar-refractivity contribution < 1.29 is 28.6 Å². The first kappa shape index (κ1) is 24.1. The summed E-state index contributed by atoms with van der Waals surface area (Å²) in [4.78, 5) is 37.9. The molecule has 0 saturated carbocycles. The second kappa shape index (κ2) is 11.4. The second-order valence-electron chi connectivity index (χ2n) is 8.03. The second-order valence-corrected chi connectivity index (χ2v) is 8.03. The third-order valence-corrected chi connectivity index (χ3v) is 5.28. The van der Waals surface area contributed by atoms with Crippen molar-refractivity contribution >= 4 is 17.8 Å². The summed E-state index contributed by atoms with van der Waals surface area (Å²) < 4.78 is 16.3. The number of carbonyl (C=O) groups excluding carboxylic acids is 3. The van der Waals surface area contributed by atoms with Crippen LogP contribution >= 0.6 is 0 Å². The van der Waals surface area contributed by atoms with E-state index in [9.17, 15) is 14.4 Å². The lowest BCUT2D eigenvalue weighted by molar-refractivity contribution is -0.151. The van der Waals surface area contributed by atoms with Crippen LogP contribution in [0.4, 0.5) is 0 Å². The van der Waals surface area contributed by atoms with E-state index in [0.717, 1.165) is 11.3 Å². The van der Waals surface area contributed by atoms with Gasteiger partial charge in [0.15, 0.2) is 6.61 Å². The Morgan fingerprint density at radius 2 is 1.82 bits per heavy atom. The molecular weight excluding hydrogens is 424 g/mol. The molecule has 33 heavy (non-hydrogen) atoms. The molecule has 0 radical (unpaired) electrons.